The van der Waals surface area contributed by atoms with Crippen molar-refractivity contribution in [3.8, 4) is 0 Å². The smallest absolute Gasteiger partial charge is 0.462 e. The monoisotopic (exact) mass is 830 g/mol. The topological polar surface area (TPSA) is 155 Å². The molecule has 11 heteroatoms. The molecule has 58 heavy (non-hydrogen) atoms. The molecular weight excluding hydrogens is 753 g/mol. The number of aliphatic hydroxyl groups excluding tert-OH is 1. The molecule has 0 aromatic carbocycles. The third-order valence-corrected chi connectivity index (χ3v) is 9.18. The summed E-state index contributed by atoms with van der Waals surface area (Å²) >= 11 is 0. The van der Waals surface area contributed by atoms with E-state index < -0.39 is 32.5 Å². The number of rotatable bonds is 38. The first kappa shape index (κ1) is 54.6. The lowest BCUT2D eigenvalue weighted by molar-refractivity contribution is -0.161. The van der Waals surface area contributed by atoms with Crippen LogP contribution in [0.5, 0.6) is 0 Å². The Morgan fingerprint density at radius 2 is 1.09 bits per heavy atom. The summed E-state index contributed by atoms with van der Waals surface area (Å²) in [5, 5.41) is 9.72. The van der Waals surface area contributed by atoms with Crippen molar-refractivity contribution >= 4 is 19.8 Å². The van der Waals surface area contributed by atoms with Gasteiger partial charge in [-0.3, -0.25) is 18.6 Å². The highest BCUT2D eigenvalue weighted by atomic mass is 31.2. The maximum Gasteiger partial charge on any atom is 0.472 e. The Bertz CT molecular complexity index is 1330. The zero-order valence-electron chi connectivity index (χ0n) is 35.6. The molecule has 3 atom stereocenters. The minimum atomic E-state index is -4.42. The van der Waals surface area contributed by atoms with Crippen molar-refractivity contribution in [2.75, 3.05) is 26.4 Å². The number of ether oxygens (including phenoxy) is 2. The highest BCUT2D eigenvalue weighted by Crippen LogP contribution is 2.43. The fourth-order valence-corrected chi connectivity index (χ4v) is 5.84. The first-order chi connectivity index (χ1) is 28.2. The average Bonchev–Trinajstić information content (AvgIpc) is 3.20. The largest absolute Gasteiger partial charge is 0.472 e. The Labute approximate surface area is 351 Å². The Kier molecular flexibility index (Phi) is 39.4. The summed E-state index contributed by atoms with van der Waals surface area (Å²) in [7, 11) is -4.42. The number of esters is 2. The number of phosphoric acid groups is 1. The average molecular weight is 830 g/mol. The predicted octanol–water partition coefficient (Wildman–Crippen LogP) is 11.4. The van der Waals surface area contributed by atoms with Gasteiger partial charge < -0.3 is 25.2 Å². The summed E-state index contributed by atoms with van der Waals surface area (Å²) in [6, 6.07) is 0. The molecule has 0 amide bonds. The number of carbonyl (C=O) groups is 2. The van der Waals surface area contributed by atoms with Gasteiger partial charge in [-0.1, -0.05) is 136 Å². The fraction of sp³-hybridized carbons (Fsp3) is 0.574. The van der Waals surface area contributed by atoms with Gasteiger partial charge >= 0.3 is 19.8 Å². The standard InChI is InChI=1S/C47H76NO9P/c1-3-5-6-7-8-9-10-11-12-13-14-15-16-19-23-26-29-32-35-39-47(51)57-45(43-56-58(52,53)55-41-40-48)42-54-46(50)38-34-31-28-25-22-20-17-18-21-24-27-30-33-37-44(49)36-4-2/h5-6,8-9,11-12,14-15,17,19-21,23-25,28,30,33,44-45,49H,3-4,7,10,13,16,18,22,26-27,29,31-32,34-43,48H2,1-2H3,(H,52,53)/b6-5-,9-8-,12-11-,15-14-,20-17-,23-19-,24-21-,28-25-,33-30-/t44?,45-/m1/s1. The molecule has 2 unspecified atom stereocenters. The van der Waals surface area contributed by atoms with Crippen molar-refractivity contribution in [3.05, 3.63) is 109 Å². The Morgan fingerprint density at radius 3 is 1.60 bits per heavy atom. The van der Waals surface area contributed by atoms with Crippen molar-refractivity contribution < 1.29 is 42.7 Å². The molecule has 0 saturated heterocycles. The quantitative estimate of drug-likeness (QED) is 0.0237. The maximum atomic E-state index is 12.6. The molecule has 10 nitrogen and oxygen atoms in total. The number of hydrogen-bond donors (Lipinski definition) is 3. The molecule has 0 spiro atoms. The molecule has 0 aromatic heterocycles. The summed E-state index contributed by atoms with van der Waals surface area (Å²) < 4.78 is 32.7. The lowest BCUT2D eigenvalue weighted by Crippen LogP contribution is -2.29. The zero-order chi connectivity index (χ0) is 42.6. The van der Waals surface area contributed by atoms with Crippen LogP contribution in [0.15, 0.2) is 109 Å². The summed E-state index contributed by atoms with van der Waals surface area (Å²) in [5.41, 5.74) is 5.34. The first-order valence-electron chi connectivity index (χ1n) is 21.4. The lowest BCUT2D eigenvalue weighted by Gasteiger charge is -2.19. The molecule has 0 saturated carbocycles. The Morgan fingerprint density at radius 1 is 0.603 bits per heavy atom. The van der Waals surface area contributed by atoms with Gasteiger partial charge in [0.15, 0.2) is 6.10 Å². The van der Waals surface area contributed by atoms with Gasteiger partial charge in [0.2, 0.25) is 0 Å². The number of carbonyl (C=O) groups excluding carboxylic acids is 2. The summed E-state index contributed by atoms with van der Waals surface area (Å²) in [5.74, 6) is -0.966. The van der Waals surface area contributed by atoms with Crippen molar-refractivity contribution in [1.82, 2.24) is 0 Å². The van der Waals surface area contributed by atoms with E-state index in [2.05, 4.69) is 105 Å². The van der Waals surface area contributed by atoms with E-state index in [4.69, 9.17) is 24.3 Å². The van der Waals surface area contributed by atoms with E-state index in [1.807, 2.05) is 18.2 Å². The van der Waals surface area contributed by atoms with Gasteiger partial charge in [0.05, 0.1) is 19.3 Å². The van der Waals surface area contributed by atoms with Crippen LogP contribution in [0.4, 0.5) is 0 Å². The molecule has 4 N–H and O–H groups in total. The molecule has 0 aliphatic rings. The highest BCUT2D eigenvalue weighted by Gasteiger charge is 2.25. The van der Waals surface area contributed by atoms with Crippen molar-refractivity contribution in [2.24, 2.45) is 5.73 Å². The first-order valence-corrected chi connectivity index (χ1v) is 22.9. The second kappa shape index (κ2) is 41.8. The second-order valence-electron chi connectivity index (χ2n) is 13.7. The molecule has 0 aliphatic carbocycles. The van der Waals surface area contributed by atoms with Crippen LogP contribution in [0.1, 0.15) is 136 Å². The van der Waals surface area contributed by atoms with E-state index in [0.29, 0.717) is 25.7 Å². The van der Waals surface area contributed by atoms with E-state index >= 15 is 0 Å². The molecule has 328 valence electrons. The minimum absolute atomic E-state index is 0.0279. The predicted molar refractivity (Wildman–Crippen MR) is 239 cm³/mol. The van der Waals surface area contributed by atoms with E-state index in [0.717, 1.165) is 83.5 Å². The molecular formula is C47H76NO9P. The molecule has 0 bridgehead atoms. The number of nitrogens with two attached hydrogens (primary N) is 1. The second-order valence-corrected chi connectivity index (χ2v) is 15.1. The number of phosphoric ester groups is 1. The zero-order valence-corrected chi connectivity index (χ0v) is 36.5. The minimum Gasteiger partial charge on any atom is -0.462 e. The molecule has 0 fully saturated rings. The van der Waals surface area contributed by atoms with Crippen LogP contribution >= 0.6 is 7.82 Å². The summed E-state index contributed by atoms with van der Waals surface area (Å²) in [4.78, 5) is 34.8. The Balaban J connectivity index is 4.37. The maximum absolute atomic E-state index is 12.6. The molecule has 0 heterocycles. The number of aliphatic hydroxyl groups is 1. The third kappa shape index (κ3) is 40.8. The van der Waals surface area contributed by atoms with Gasteiger partial charge in [0, 0.05) is 19.4 Å². The van der Waals surface area contributed by atoms with E-state index in [1.165, 1.54) is 0 Å². The fourth-order valence-electron chi connectivity index (χ4n) is 5.08. The number of hydrogen-bond acceptors (Lipinski definition) is 9. The van der Waals surface area contributed by atoms with Crippen LogP contribution in [-0.2, 0) is 32.7 Å². The Hall–Kier alpha value is -3.37. The molecule has 0 rings (SSSR count). The van der Waals surface area contributed by atoms with Crippen molar-refractivity contribution in [1.29, 1.82) is 0 Å². The van der Waals surface area contributed by atoms with E-state index in [9.17, 15) is 24.2 Å². The number of unbranched alkanes of at least 4 members (excludes halogenated alkanes) is 4. The van der Waals surface area contributed by atoms with Crippen LogP contribution < -0.4 is 5.73 Å². The third-order valence-electron chi connectivity index (χ3n) is 8.20. The van der Waals surface area contributed by atoms with Crippen LogP contribution in [-0.4, -0.2) is 60.5 Å². The number of allylic oxidation sites excluding steroid dienone is 17. The van der Waals surface area contributed by atoms with E-state index in [1.54, 1.807) is 0 Å². The molecule has 0 aromatic rings. The van der Waals surface area contributed by atoms with Gasteiger partial charge in [-0.15, -0.1) is 0 Å². The molecule has 0 radical (unpaired) electrons. The van der Waals surface area contributed by atoms with Crippen LogP contribution in [0.2, 0.25) is 0 Å². The van der Waals surface area contributed by atoms with Gasteiger partial charge in [-0.25, -0.2) is 4.57 Å². The highest BCUT2D eigenvalue weighted by molar-refractivity contribution is 7.47. The van der Waals surface area contributed by atoms with Gasteiger partial charge in [0.25, 0.3) is 0 Å². The summed E-state index contributed by atoms with van der Waals surface area (Å²) in [6.07, 6.45) is 51.9. The lowest BCUT2D eigenvalue weighted by atomic mass is 10.1. The van der Waals surface area contributed by atoms with Crippen molar-refractivity contribution in [2.45, 2.75) is 148 Å². The van der Waals surface area contributed by atoms with Crippen LogP contribution in [0.25, 0.3) is 0 Å². The van der Waals surface area contributed by atoms with Crippen molar-refractivity contribution in [3.63, 3.8) is 0 Å². The normalized spacial score (nSPS) is 14.9. The van der Waals surface area contributed by atoms with Crippen LogP contribution in [0, 0.1) is 0 Å². The van der Waals surface area contributed by atoms with Crippen LogP contribution in [0.3, 0.4) is 0 Å². The van der Waals surface area contributed by atoms with E-state index in [-0.39, 0.29) is 38.7 Å². The summed E-state index contributed by atoms with van der Waals surface area (Å²) in [6.45, 7) is 3.27. The van der Waals surface area contributed by atoms with Gasteiger partial charge in [-0.2, -0.15) is 0 Å². The van der Waals surface area contributed by atoms with Gasteiger partial charge in [-0.05, 0) is 96.3 Å². The molecule has 0 aliphatic heterocycles. The SMILES string of the molecule is CC/C=C\C/C=C\C/C=C\C/C=C\C/C=C\CCCCCC(=O)O[C@H](COC(=O)CCC/C=C\C/C=C\C/C=C\C/C=C\CC(O)CCC)COP(=O)(O)OCCN. The van der Waals surface area contributed by atoms with Gasteiger partial charge in [0.1, 0.15) is 6.61 Å².